The van der Waals surface area contributed by atoms with Gasteiger partial charge in [-0.15, -0.1) is 0 Å². The minimum atomic E-state index is -6.00. The van der Waals surface area contributed by atoms with Gasteiger partial charge in [0.2, 0.25) is 6.33 Å². The van der Waals surface area contributed by atoms with Crippen molar-refractivity contribution in [2.45, 2.75) is 52.6 Å². The fourth-order valence-electron chi connectivity index (χ4n) is 2.65. The summed E-state index contributed by atoms with van der Waals surface area (Å²) >= 11 is 0. The summed E-state index contributed by atoms with van der Waals surface area (Å²) in [5.41, 5.74) is 1.05. The van der Waals surface area contributed by atoms with Crippen molar-refractivity contribution in [2.75, 3.05) is 0 Å². The average Bonchev–Trinajstić information content (AvgIpc) is 2.97. The summed E-state index contributed by atoms with van der Waals surface area (Å²) in [6, 6.07) is 1.47. The number of hydrogen-bond donors (Lipinski definition) is 0. The second-order valence-electron chi connectivity index (χ2n) is 7.22. The van der Waals surface area contributed by atoms with Crippen molar-refractivity contribution in [3.63, 3.8) is 0 Å². The normalized spacial score (nSPS) is 29.4. The molecule has 2 unspecified atom stereocenters. The molecule has 0 amide bonds. The lowest BCUT2D eigenvalue weighted by Gasteiger charge is -1.99. The molecule has 2 fully saturated rings. The Morgan fingerprint density at radius 2 is 1.50 bits per heavy atom. The van der Waals surface area contributed by atoms with Crippen molar-refractivity contribution in [1.29, 1.82) is 0 Å². The molecule has 3 rings (SSSR count). The van der Waals surface area contributed by atoms with E-state index >= 15 is 0 Å². The van der Waals surface area contributed by atoms with Gasteiger partial charge in [0.15, 0.2) is 0 Å². The molecule has 2 saturated carbocycles. The maximum atomic E-state index is 9.75. The first-order valence-corrected chi connectivity index (χ1v) is 6.86. The first-order valence-electron chi connectivity index (χ1n) is 6.86. The molecule has 7 heteroatoms. The Hall–Kier alpha value is -1.01. The molecule has 1 heterocycles. The van der Waals surface area contributed by atoms with Gasteiger partial charge in [0.05, 0.1) is 0 Å². The number of aromatic nitrogens is 2. The molecule has 0 saturated heterocycles. The summed E-state index contributed by atoms with van der Waals surface area (Å²) in [6.45, 7) is 9.40. The largest absolute Gasteiger partial charge is 0.673 e. The van der Waals surface area contributed by atoms with Gasteiger partial charge in [0.25, 0.3) is 0 Å². The standard InChI is InChI=1S/C13H21N2.BF4/c1-12(2)7-10(12)14-5-6-15(9-14)11-8-13(11,3)4;2-1(3,4)5/h5-6,9-11H,7-8H2,1-4H3;/q+1;-1. The molecule has 0 aliphatic heterocycles. The molecule has 0 N–H and O–H groups in total. The summed E-state index contributed by atoms with van der Waals surface area (Å²) in [6.07, 6.45) is 9.45. The predicted molar refractivity (Wildman–Crippen MR) is 69.7 cm³/mol. The van der Waals surface area contributed by atoms with E-state index in [9.17, 15) is 17.3 Å². The third kappa shape index (κ3) is 3.76. The maximum absolute atomic E-state index is 9.75. The minimum absolute atomic E-state index is 0.524. The van der Waals surface area contributed by atoms with Crippen LogP contribution in [0.25, 0.3) is 0 Å². The first-order chi connectivity index (χ1) is 8.90. The summed E-state index contributed by atoms with van der Waals surface area (Å²) in [7, 11) is -6.00. The molecule has 0 bridgehead atoms. The van der Waals surface area contributed by atoms with Crippen LogP contribution >= 0.6 is 0 Å². The van der Waals surface area contributed by atoms with Crippen LogP contribution in [0, 0.1) is 10.8 Å². The monoisotopic (exact) mass is 292 g/mol. The Bertz CT molecular complexity index is 450. The lowest BCUT2D eigenvalue weighted by Crippen LogP contribution is -2.31. The highest BCUT2D eigenvalue weighted by Gasteiger charge is 2.53. The van der Waals surface area contributed by atoms with Crippen molar-refractivity contribution < 1.29 is 21.8 Å². The van der Waals surface area contributed by atoms with E-state index in [1.807, 2.05) is 0 Å². The van der Waals surface area contributed by atoms with Crippen LogP contribution in [0.15, 0.2) is 18.7 Å². The average molecular weight is 292 g/mol. The van der Waals surface area contributed by atoms with Crippen molar-refractivity contribution in [1.82, 2.24) is 4.57 Å². The second kappa shape index (κ2) is 4.50. The Morgan fingerprint density at radius 1 is 1.05 bits per heavy atom. The molecule has 2 aliphatic rings. The molecule has 0 spiro atoms. The molecule has 20 heavy (non-hydrogen) atoms. The van der Waals surface area contributed by atoms with E-state index in [0.717, 1.165) is 12.1 Å². The number of hydrogen-bond acceptors (Lipinski definition) is 0. The first kappa shape index (κ1) is 15.4. The zero-order valence-corrected chi connectivity index (χ0v) is 12.3. The van der Waals surface area contributed by atoms with E-state index < -0.39 is 7.25 Å². The van der Waals surface area contributed by atoms with Crippen LogP contribution in [-0.4, -0.2) is 11.8 Å². The molecular formula is C13H21BF4N2. The summed E-state index contributed by atoms with van der Waals surface area (Å²) in [5, 5.41) is 0. The Balaban J connectivity index is 0.000000257. The number of rotatable bonds is 2. The fourth-order valence-corrected chi connectivity index (χ4v) is 2.65. The maximum Gasteiger partial charge on any atom is 0.673 e. The van der Waals surface area contributed by atoms with Gasteiger partial charge in [-0.2, -0.15) is 0 Å². The molecular weight excluding hydrogens is 271 g/mol. The molecule has 2 atom stereocenters. The summed E-state index contributed by atoms with van der Waals surface area (Å²) < 4.78 is 43.8. The van der Waals surface area contributed by atoms with Crippen LogP contribution in [-0.2, 0) is 0 Å². The van der Waals surface area contributed by atoms with Gasteiger partial charge >= 0.3 is 7.25 Å². The van der Waals surface area contributed by atoms with Gasteiger partial charge in [-0.1, -0.05) is 27.7 Å². The van der Waals surface area contributed by atoms with E-state index in [1.54, 1.807) is 0 Å². The van der Waals surface area contributed by atoms with Crippen molar-refractivity contribution in [3.05, 3.63) is 18.7 Å². The number of halogens is 4. The zero-order chi connectivity index (χ0) is 15.3. The third-order valence-electron chi connectivity index (χ3n) is 4.32. The van der Waals surface area contributed by atoms with Gasteiger partial charge in [-0.25, -0.2) is 9.13 Å². The molecule has 0 radical (unpaired) electrons. The number of imidazole rings is 1. The Morgan fingerprint density at radius 3 is 1.85 bits per heavy atom. The van der Waals surface area contributed by atoms with Crippen LogP contribution in [0.5, 0.6) is 0 Å². The van der Waals surface area contributed by atoms with Gasteiger partial charge in [0, 0.05) is 10.8 Å². The molecule has 2 nitrogen and oxygen atoms in total. The zero-order valence-electron chi connectivity index (χ0n) is 12.3. The van der Waals surface area contributed by atoms with E-state index in [0.29, 0.717) is 10.8 Å². The molecule has 1 aromatic heterocycles. The van der Waals surface area contributed by atoms with Gasteiger partial charge < -0.3 is 17.3 Å². The van der Waals surface area contributed by atoms with Crippen molar-refractivity contribution in [3.8, 4) is 0 Å². The van der Waals surface area contributed by atoms with E-state index in [2.05, 4.69) is 55.6 Å². The predicted octanol–water partition coefficient (Wildman–Crippen LogP) is 4.02. The van der Waals surface area contributed by atoms with Crippen LogP contribution in [0.4, 0.5) is 17.3 Å². The highest BCUT2D eigenvalue weighted by atomic mass is 19.5. The van der Waals surface area contributed by atoms with Crippen molar-refractivity contribution >= 4 is 7.25 Å². The fraction of sp³-hybridized carbons (Fsp3) is 0.769. The van der Waals surface area contributed by atoms with Crippen LogP contribution in [0.2, 0.25) is 0 Å². The lowest BCUT2D eigenvalue weighted by atomic mass is 10.2. The quantitative estimate of drug-likeness (QED) is 0.442. The Kier molecular flexibility index (Phi) is 3.46. The Labute approximate surface area is 116 Å². The summed E-state index contributed by atoms with van der Waals surface area (Å²) in [5.74, 6) is 0. The summed E-state index contributed by atoms with van der Waals surface area (Å²) in [4.78, 5) is 0. The van der Waals surface area contributed by atoms with Crippen molar-refractivity contribution in [2.24, 2.45) is 10.8 Å². The molecule has 114 valence electrons. The lowest BCUT2D eigenvalue weighted by molar-refractivity contribution is -0.705. The second-order valence-corrected chi connectivity index (χ2v) is 7.22. The molecule has 1 aromatic rings. The highest BCUT2D eigenvalue weighted by molar-refractivity contribution is 6.50. The third-order valence-corrected chi connectivity index (χ3v) is 4.32. The SMILES string of the molecule is CC1(C)CC1n1cc[n+](C2CC2(C)C)c1.F[B-](F)(F)F. The molecule has 2 aliphatic carbocycles. The van der Waals surface area contributed by atoms with E-state index in [4.69, 9.17) is 0 Å². The van der Waals surface area contributed by atoms with Gasteiger partial charge in [0.1, 0.15) is 24.5 Å². The topological polar surface area (TPSA) is 8.81 Å². The number of nitrogens with zero attached hydrogens (tertiary/aromatic N) is 2. The van der Waals surface area contributed by atoms with E-state index in [-0.39, 0.29) is 0 Å². The highest BCUT2D eigenvalue weighted by Crippen LogP contribution is 2.56. The van der Waals surface area contributed by atoms with Crippen LogP contribution in [0.3, 0.4) is 0 Å². The van der Waals surface area contributed by atoms with Gasteiger partial charge in [-0.3, -0.25) is 0 Å². The minimum Gasteiger partial charge on any atom is -0.418 e. The van der Waals surface area contributed by atoms with Crippen LogP contribution in [0.1, 0.15) is 52.6 Å². The molecule has 0 aromatic carbocycles. The smallest absolute Gasteiger partial charge is 0.418 e. The van der Waals surface area contributed by atoms with Crippen LogP contribution < -0.4 is 4.57 Å². The van der Waals surface area contributed by atoms with E-state index in [1.165, 1.54) is 12.8 Å². The van der Waals surface area contributed by atoms with Gasteiger partial charge in [-0.05, 0) is 12.8 Å².